The van der Waals surface area contributed by atoms with Crippen LogP contribution < -0.4 is 10.6 Å². The van der Waals surface area contributed by atoms with Crippen molar-refractivity contribution in [2.75, 3.05) is 59.1 Å². The zero-order chi connectivity index (χ0) is 18.5. The van der Waals surface area contributed by atoms with Crippen molar-refractivity contribution in [3.8, 4) is 0 Å². The normalized spacial score (nSPS) is 22.7. The first-order valence-electron chi connectivity index (χ1n) is 10.8. The summed E-state index contributed by atoms with van der Waals surface area (Å²) < 4.78 is 11.3. The Morgan fingerprint density at radius 2 is 2.04 bits per heavy atom. The van der Waals surface area contributed by atoms with E-state index in [1.807, 2.05) is 0 Å². The SMILES string of the molecule is CCCN1CCC(CN=C(NCC)NCCCOCC2CCCO2)CC1. The summed E-state index contributed by atoms with van der Waals surface area (Å²) in [6.45, 7) is 13.2. The Morgan fingerprint density at radius 3 is 2.73 bits per heavy atom. The van der Waals surface area contributed by atoms with E-state index in [0.717, 1.165) is 64.2 Å². The maximum absolute atomic E-state index is 5.71. The fraction of sp³-hybridized carbons (Fsp3) is 0.950. The molecule has 0 bridgehead atoms. The number of aliphatic imine (C=N–C) groups is 1. The van der Waals surface area contributed by atoms with Crippen molar-refractivity contribution in [1.82, 2.24) is 15.5 Å². The minimum atomic E-state index is 0.325. The first-order valence-corrected chi connectivity index (χ1v) is 10.8. The molecule has 2 aliphatic heterocycles. The van der Waals surface area contributed by atoms with Crippen molar-refractivity contribution in [2.24, 2.45) is 10.9 Å². The lowest BCUT2D eigenvalue weighted by Gasteiger charge is -2.31. The van der Waals surface area contributed by atoms with Crippen LogP contribution in [0, 0.1) is 5.92 Å². The van der Waals surface area contributed by atoms with Crippen LogP contribution in [-0.2, 0) is 9.47 Å². The van der Waals surface area contributed by atoms with Crippen LogP contribution in [0.5, 0.6) is 0 Å². The van der Waals surface area contributed by atoms with Crippen LogP contribution in [0.4, 0.5) is 0 Å². The van der Waals surface area contributed by atoms with Gasteiger partial charge in [-0.15, -0.1) is 0 Å². The number of nitrogens with zero attached hydrogens (tertiary/aromatic N) is 2. The predicted molar refractivity (Wildman–Crippen MR) is 108 cm³/mol. The van der Waals surface area contributed by atoms with Crippen LogP contribution in [0.3, 0.4) is 0 Å². The van der Waals surface area contributed by atoms with E-state index < -0.39 is 0 Å². The molecule has 2 fully saturated rings. The van der Waals surface area contributed by atoms with Gasteiger partial charge in [-0.3, -0.25) is 4.99 Å². The van der Waals surface area contributed by atoms with Gasteiger partial charge in [0.25, 0.3) is 0 Å². The van der Waals surface area contributed by atoms with Gasteiger partial charge in [-0.1, -0.05) is 6.92 Å². The van der Waals surface area contributed by atoms with Gasteiger partial charge in [0.1, 0.15) is 0 Å². The molecule has 6 nitrogen and oxygen atoms in total. The lowest BCUT2D eigenvalue weighted by atomic mass is 9.97. The van der Waals surface area contributed by atoms with Gasteiger partial charge in [0, 0.05) is 32.8 Å². The Labute approximate surface area is 160 Å². The summed E-state index contributed by atoms with van der Waals surface area (Å²) in [7, 11) is 0. The highest BCUT2D eigenvalue weighted by atomic mass is 16.5. The van der Waals surface area contributed by atoms with E-state index in [-0.39, 0.29) is 0 Å². The first kappa shape index (κ1) is 21.5. The molecule has 2 aliphatic rings. The van der Waals surface area contributed by atoms with Gasteiger partial charge in [-0.05, 0) is 71.0 Å². The molecule has 1 atom stereocenters. The second-order valence-corrected chi connectivity index (χ2v) is 7.49. The highest BCUT2D eigenvalue weighted by molar-refractivity contribution is 5.79. The molecule has 1 unspecified atom stereocenters. The summed E-state index contributed by atoms with van der Waals surface area (Å²) in [5, 5.41) is 6.79. The lowest BCUT2D eigenvalue weighted by Crippen LogP contribution is -2.39. The van der Waals surface area contributed by atoms with Crippen LogP contribution >= 0.6 is 0 Å². The standard InChI is InChI=1S/C20H40N4O2/c1-3-11-24-12-8-18(9-13-24)16-23-20(21-4-2)22-10-6-14-25-17-19-7-5-15-26-19/h18-19H,3-17H2,1-2H3,(H2,21,22,23). The van der Waals surface area contributed by atoms with Crippen molar-refractivity contribution in [1.29, 1.82) is 0 Å². The minimum Gasteiger partial charge on any atom is -0.379 e. The van der Waals surface area contributed by atoms with Crippen molar-refractivity contribution in [2.45, 2.75) is 58.5 Å². The second-order valence-electron chi connectivity index (χ2n) is 7.49. The predicted octanol–water partition coefficient (Wildman–Crippen LogP) is 2.25. The summed E-state index contributed by atoms with van der Waals surface area (Å²) in [5.41, 5.74) is 0. The van der Waals surface area contributed by atoms with Crippen LogP contribution in [0.2, 0.25) is 0 Å². The highest BCUT2D eigenvalue weighted by Gasteiger charge is 2.18. The van der Waals surface area contributed by atoms with E-state index in [1.54, 1.807) is 0 Å². The van der Waals surface area contributed by atoms with Crippen LogP contribution in [-0.4, -0.2) is 76.1 Å². The summed E-state index contributed by atoms with van der Waals surface area (Å²) in [6.07, 6.45) is 7.45. The zero-order valence-electron chi connectivity index (χ0n) is 17.0. The molecule has 26 heavy (non-hydrogen) atoms. The summed E-state index contributed by atoms with van der Waals surface area (Å²) >= 11 is 0. The average molecular weight is 369 g/mol. The highest BCUT2D eigenvalue weighted by Crippen LogP contribution is 2.17. The molecule has 2 rings (SSSR count). The Bertz CT molecular complexity index is 378. The zero-order valence-corrected chi connectivity index (χ0v) is 17.0. The number of likely N-dealkylation sites (tertiary alicyclic amines) is 1. The molecule has 0 aliphatic carbocycles. The molecule has 152 valence electrons. The molecular formula is C20H40N4O2. The van der Waals surface area contributed by atoms with Gasteiger partial charge >= 0.3 is 0 Å². The van der Waals surface area contributed by atoms with Crippen molar-refractivity contribution < 1.29 is 9.47 Å². The molecule has 6 heteroatoms. The number of piperidine rings is 1. The van der Waals surface area contributed by atoms with Gasteiger partial charge in [0.2, 0.25) is 0 Å². The number of guanidine groups is 1. The number of ether oxygens (including phenoxy) is 2. The van der Waals surface area contributed by atoms with E-state index in [2.05, 4.69) is 29.4 Å². The Hall–Kier alpha value is -0.850. The number of hydrogen-bond donors (Lipinski definition) is 2. The van der Waals surface area contributed by atoms with Gasteiger partial charge in [0.15, 0.2) is 5.96 Å². The molecule has 2 saturated heterocycles. The molecule has 2 N–H and O–H groups in total. The van der Waals surface area contributed by atoms with Crippen molar-refractivity contribution >= 4 is 5.96 Å². The molecule has 0 amide bonds. The van der Waals surface area contributed by atoms with Gasteiger partial charge in [-0.2, -0.15) is 0 Å². The van der Waals surface area contributed by atoms with Crippen molar-refractivity contribution in [3.05, 3.63) is 0 Å². The number of rotatable bonds is 11. The fourth-order valence-corrected chi connectivity index (χ4v) is 3.64. The third kappa shape index (κ3) is 8.69. The topological polar surface area (TPSA) is 58.1 Å². The first-order chi connectivity index (χ1) is 12.8. The maximum atomic E-state index is 5.71. The van der Waals surface area contributed by atoms with Gasteiger partial charge < -0.3 is 25.0 Å². The summed E-state index contributed by atoms with van der Waals surface area (Å²) in [5.74, 6) is 1.68. The Morgan fingerprint density at radius 1 is 1.19 bits per heavy atom. The third-order valence-corrected chi connectivity index (χ3v) is 5.18. The molecule has 0 radical (unpaired) electrons. The van der Waals surface area contributed by atoms with Crippen molar-refractivity contribution in [3.63, 3.8) is 0 Å². The van der Waals surface area contributed by atoms with E-state index in [9.17, 15) is 0 Å². The Kier molecular flexibility index (Phi) is 11.0. The number of hydrogen-bond acceptors (Lipinski definition) is 4. The summed E-state index contributed by atoms with van der Waals surface area (Å²) in [6, 6.07) is 0. The Balaban J connectivity index is 1.55. The number of nitrogens with one attached hydrogen (secondary N) is 2. The maximum Gasteiger partial charge on any atom is 0.191 e. The molecular weight excluding hydrogens is 328 g/mol. The quantitative estimate of drug-likeness (QED) is 0.333. The van der Waals surface area contributed by atoms with Gasteiger partial charge in [-0.25, -0.2) is 0 Å². The molecule has 0 saturated carbocycles. The van der Waals surface area contributed by atoms with Crippen LogP contribution in [0.25, 0.3) is 0 Å². The van der Waals surface area contributed by atoms with E-state index >= 15 is 0 Å². The largest absolute Gasteiger partial charge is 0.379 e. The lowest BCUT2D eigenvalue weighted by molar-refractivity contribution is 0.0168. The average Bonchev–Trinajstić information content (AvgIpc) is 3.17. The van der Waals surface area contributed by atoms with E-state index in [4.69, 9.17) is 14.5 Å². The molecule has 2 heterocycles. The van der Waals surface area contributed by atoms with Crippen LogP contribution in [0.15, 0.2) is 4.99 Å². The fourth-order valence-electron chi connectivity index (χ4n) is 3.64. The van der Waals surface area contributed by atoms with Crippen LogP contribution in [0.1, 0.15) is 52.4 Å². The second kappa shape index (κ2) is 13.3. The van der Waals surface area contributed by atoms with Gasteiger partial charge in [0.05, 0.1) is 12.7 Å². The smallest absolute Gasteiger partial charge is 0.191 e. The summed E-state index contributed by atoms with van der Waals surface area (Å²) in [4.78, 5) is 7.39. The minimum absolute atomic E-state index is 0.325. The molecule has 0 spiro atoms. The monoisotopic (exact) mass is 368 g/mol. The molecule has 0 aromatic rings. The molecule has 0 aromatic heterocycles. The third-order valence-electron chi connectivity index (χ3n) is 5.18. The van der Waals surface area contributed by atoms with E-state index in [0.29, 0.717) is 6.10 Å². The molecule has 0 aromatic carbocycles. The van der Waals surface area contributed by atoms with E-state index in [1.165, 1.54) is 45.3 Å².